The maximum Gasteiger partial charge on any atom is 0.223 e. The summed E-state index contributed by atoms with van der Waals surface area (Å²) in [7, 11) is 1.67. The molecule has 1 atom stereocenters. The molecule has 1 aliphatic carbocycles. The summed E-state index contributed by atoms with van der Waals surface area (Å²) in [4.78, 5) is 9.42. The largest absolute Gasteiger partial charge is 0.497 e. The van der Waals surface area contributed by atoms with Gasteiger partial charge in [-0.3, -0.25) is 0 Å². The molecule has 0 radical (unpaired) electrons. The average molecular weight is 426 g/mol. The molecule has 1 heterocycles. The highest BCUT2D eigenvalue weighted by molar-refractivity contribution is 5.72. The Morgan fingerprint density at radius 1 is 1.00 bits per heavy atom. The number of benzene rings is 3. The van der Waals surface area contributed by atoms with Gasteiger partial charge in [0.25, 0.3) is 0 Å². The van der Waals surface area contributed by atoms with Crippen LogP contribution in [0.1, 0.15) is 28.2 Å². The van der Waals surface area contributed by atoms with Crippen LogP contribution < -0.4 is 10.1 Å². The summed E-state index contributed by atoms with van der Waals surface area (Å²) in [6, 6.07) is 23.2. The topological polar surface area (TPSA) is 47.0 Å². The lowest BCUT2D eigenvalue weighted by Gasteiger charge is -2.27. The number of fused-ring (bicyclic) bond motifs is 3. The summed E-state index contributed by atoms with van der Waals surface area (Å²) in [5.41, 5.74) is 6.74. The number of nitrogens with one attached hydrogen (secondary N) is 1. The third-order valence-corrected chi connectivity index (χ3v) is 6.01. The Hall–Kier alpha value is -3.73. The fraction of sp³-hybridized carbons (Fsp3) is 0.185. The number of nitrogens with zero attached hydrogens (tertiary/aromatic N) is 2. The molecule has 4 aromatic rings. The average Bonchev–Trinajstić information content (AvgIpc) is 2.84. The zero-order valence-electron chi connectivity index (χ0n) is 17.9. The van der Waals surface area contributed by atoms with E-state index in [-0.39, 0.29) is 11.7 Å². The smallest absolute Gasteiger partial charge is 0.223 e. The third kappa shape index (κ3) is 4.06. The number of hydrogen-bond acceptors (Lipinski definition) is 4. The van der Waals surface area contributed by atoms with Gasteiger partial charge >= 0.3 is 0 Å². The molecule has 160 valence electrons. The molecular weight excluding hydrogens is 401 g/mol. The molecule has 0 spiro atoms. The summed E-state index contributed by atoms with van der Waals surface area (Å²) in [5.74, 6) is 1.44. The monoisotopic (exact) mass is 425 g/mol. The zero-order chi connectivity index (χ0) is 21.9. The van der Waals surface area contributed by atoms with E-state index in [9.17, 15) is 4.39 Å². The van der Waals surface area contributed by atoms with Gasteiger partial charge in [-0.25, -0.2) is 14.4 Å². The minimum absolute atomic E-state index is 0.164. The standard InChI is InChI=1S/C27H24FN3O/c1-32-22-12-6-18(7-13-22)14-15-29-27-30-17-20-16-25(19-8-10-21(28)11-9-19)23-4-2-3-5-24(23)26(20)31-27/h2-13,17,25H,14-16H2,1H3,(H,29,30,31). The minimum Gasteiger partial charge on any atom is -0.497 e. The Kier molecular flexibility index (Phi) is 5.55. The van der Waals surface area contributed by atoms with E-state index in [1.54, 1.807) is 7.11 Å². The molecule has 32 heavy (non-hydrogen) atoms. The van der Waals surface area contributed by atoms with Crippen molar-refractivity contribution < 1.29 is 9.13 Å². The summed E-state index contributed by atoms with van der Waals surface area (Å²) in [5, 5.41) is 3.36. The van der Waals surface area contributed by atoms with Gasteiger partial charge in [0.05, 0.1) is 12.8 Å². The van der Waals surface area contributed by atoms with Gasteiger partial charge in [0, 0.05) is 24.2 Å². The first kappa shape index (κ1) is 20.2. The lowest BCUT2D eigenvalue weighted by Crippen LogP contribution is -2.16. The van der Waals surface area contributed by atoms with Crippen molar-refractivity contribution in [3.63, 3.8) is 0 Å². The van der Waals surface area contributed by atoms with Crippen LogP contribution in [0.5, 0.6) is 5.75 Å². The second-order valence-corrected chi connectivity index (χ2v) is 7.99. The van der Waals surface area contributed by atoms with Gasteiger partial charge in [0.1, 0.15) is 11.6 Å². The Balaban J connectivity index is 1.36. The van der Waals surface area contributed by atoms with Crippen LogP contribution in [0.25, 0.3) is 11.3 Å². The lowest BCUT2D eigenvalue weighted by molar-refractivity contribution is 0.414. The number of halogens is 1. The van der Waals surface area contributed by atoms with E-state index in [0.29, 0.717) is 5.95 Å². The molecule has 0 saturated carbocycles. The SMILES string of the molecule is COc1ccc(CCNc2ncc3c(n2)-c2ccccc2C(c2ccc(F)cc2)C3)cc1. The molecule has 5 rings (SSSR count). The molecule has 0 saturated heterocycles. The second kappa shape index (κ2) is 8.79. The first-order chi connectivity index (χ1) is 15.7. The molecule has 5 heteroatoms. The zero-order valence-corrected chi connectivity index (χ0v) is 17.9. The Labute approximate surface area is 187 Å². The molecule has 1 aromatic heterocycles. The van der Waals surface area contributed by atoms with Crippen LogP contribution >= 0.6 is 0 Å². The summed E-state index contributed by atoms with van der Waals surface area (Å²) < 4.78 is 18.7. The highest BCUT2D eigenvalue weighted by Gasteiger charge is 2.27. The van der Waals surface area contributed by atoms with Crippen molar-refractivity contribution in [1.29, 1.82) is 0 Å². The first-order valence-corrected chi connectivity index (χ1v) is 10.8. The van der Waals surface area contributed by atoms with Gasteiger partial charge in [-0.1, -0.05) is 48.5 Å². The van der Waals surface area contributed by atoms with E-state index in [4.69, 9.17) is 9.72 Å². The van der Waals surface area contributed by atoms with E-state index in [0.717, 1.165) is 47.5 Å². The van der Waals surface area contributed by atoms with Crippen molar-refractivity contribution >= 4 is 5.95 Å². The van der Waals surface area contributed by atoms with Crippen LogP contribution in [0, 0.1) is 5.82 Å². The third-order valence-electron chi connectivity index (χ3n) is 6.01. The minimum atomic E-state index is -0.216. The normalized spacial score (nSPS) is 14.4. The van der Waals surface area contributed by atoms with Crippen LogP contribution in [0.3, 0.4) is 0 Å². The van der Waals surface area contributed by atoms with Gasteiger partial charge in [-0.15, -0.1) is 0 Å². The highest BCUT2D eigenvalue weighted by Crippen LogP contribution is 2.41. The molecule has 3 aromatic carbocycles. The van der Waals surface area contributed by atoms with Crippen molar-refractivity contribution in [2.75, 3.05) is 19.0 Å². The number of rotatable bonds is 6. The number of ether oxygens (including phenoxy) is 1. The summed E-state index contributed by atoms with van der Waals surface area (Å²) >= 11 is 0. The van der Waals surface area contributed by atoms with E-state index < -0.39 is 0 Å². The quantitative estimate of drug-likeness (QED) is 0.435. The first-order valence-electron chi connectivity index (χ1n) is 10.8. The molecule has 0 amide bonds. The maximum atomic E-state index is 13.4. The lowest BCUT2D eigenvalue weighted by atomic mass is 9.78. The maximum absolute atomic E-state index is 13.4. The number of aromatic nitrogens is 2. The molecule has 1 aliphatic rings. The highest BCUT2D eigenvalue weighted by atomic mass is 19.1. The molecule has 0 bridgehead atoms. The molecule has 0 fully saturated rings. The van der Waals surface area contributed by atoms with Crippen molar-refractivity contribution in [2.45, 2.75) is 18.8 Å². The number of methoxy groups -OCH3 is 1. The number of anilines is 1. The van der Waals surface area contributed by atoms with E-state index in [2.05, 4.69) is 40.6 Å². The van der Waals surface area contributed by atoms with Crippen LogP contribution in [-0.4, -0.2) is 23.6 Å². The Morgan fingerprint density at radius 2 is 1.78 bits per heavy atom. The fourth-order valence-electron chi connectivity index (χ4n) is 4.32. The van der Waals surface area contributed by atoms with Crippen molar-refractivity contribution in [3.05, 3.63) is 107 Å². The Bertz CT molecular complexity index is 1220. The van der Waals surface area contributed by atoms with Crippen molar-refractivity contribution in [3.8, 4) is 17.0 Å². The van der Waals surface area contributed by atoms with Gasteiger partial charge in [-0.2, -0.15) is 0 Å². The van der Waals surface area contributed by atoms with Crippen LogP contribution in [0.2, 0.25) is 0 Å². The van der Waals surface area contributed by atoms with Crippen LogP contribution in [-0.2, 0) is 12.8 Å². The van der Waals surface area contributed by atoms with Crippen molar-refractivity contribution in [1.82, 2.24) is 9.97 Å². The number of hydrogen-bond donors (Lipinski definition) is 1. The molecule has 4 nitrogen and oxygen atoms in total. The van der Waals surface area contributed by atoms with E-state index >= 15 is 0 Å². The van der Waals surface area contributed by atoms with E-state index in [1.807, 2.05) is 36.5 Å². The molecule has 1 N–H and O–H groups in total. The molecule has 0 aliphatic heterocycles. The molecule has 1 unspecified atom stereocenters. The van der Waals surface area contributed by atoms with Gasteiger partial charge in [-0.05, 0) is 59.4 Å². The predicted molar refractivity (Wildman–Crippen MR) is 125 cm³/mol. The van der Waals surface area contributed by atoms with E-state index in [1.165, 1.54) is 23.3 Å². The van der Waals surface area contributed by atoms with Crippen molar-refractivity contribution in [2.24, 2.45) is 0 Å². The van der Waals surface area contributed by atoms with Gasteiger partial charge < -0.3 is 10.1 Å². The van der Waals surface area contributed by atoms with Crippen LogP contribution in [0.15, 0.2) is 79.0 Å². The summed E-state index contributed by atoms with van der Waals surface area (Å²) in [6.07, 6.45) is 3.59. The van der Waals surface area contributed by atoms with Gasteiger partial charge in [0.15, 0.2) is 0 Å². The summed E-state index contributed by atoms with van der Waals surface area (Å²) in [6.45, 7) is 0.741. The van der Waals surface area contributed by atoms with Gasteiger partial charge in [0.2, 0.25) is 5.95 Å². The van der Waals surface area contributed by atoms with Crippen LogP contribution in [0.4, 0.5) is 10.3 Å². The second-order valence-electron chi connectivity index (χ2n) is 7.99. The predicted octanol–water partition coefficient (Wildman–Crippen LogP) is 5.63. The molecular formula is C27H24FN3O. The fourth-order valence-corrected chi connectivity index (χ4v) is 4.32. The Morgan fingerprint density at radius 3 is 2.56 bits per heavy atom.